The van der Waals surface area contributed by atoms with Crippen molar-refractivity contribution in [3.8, 4) is 10.6 Å². The number of hydrogen-bond donors (Lipinski definition) is 2. The molecule has 5 nitrogen and oxygen atoms in total. The van der Waals surface area contributed by atoms with Crippen molar-refractivity contribution in [2.75, 3.05) is 0 Å². The molecule has 0 aromatic carbocycles. The molecule has 3 N–H and O–H groups in total. The Labute approximate surface area is 112 Å². The van der Waals surface area contributed by atoms with Crippen LogP contribution in [0.3, 0.4) is 0 Å². The first kappa shape index (κ1) is 11.9. The van der Waals surface area contributed by atoms with E-state index in [2.05, 4.69) is 4.98 Å². The number of thiophene rings is 1. The Kier molecular flexibility index (Phi) is 2.81. The van der Waals surface area contributed by atoms with Gasteiger partial charge in [0, 0.05) is 6.20 Å². The summed E-state index contributed by atoms with van der Waals surface area (Å²) in [6, 6.07) is 7.23. The molecule has 3 aromatic rings. The van der Waals surface area contributed by atoms with Gasteiger partial charge in [-0.3, -0.25) is 9.20 Å². The second kappa shape index (κ2) is 4.49. The molecule has 1 amide bonds. The van der Waals surface area contributed by atoms with Crippen LogP contribution >= 0.6 is 11.3 Å². The highest BCUT2D eigenvalue weighted by molar-refractivity contribution is 7.17. The van der Waals surface area contributed by atoms with Crippen LogP contribution in [0.2, 0.25) is 0 Å². The van der Waals surface area contributed by atoms with Gasteiger partial charge < -0.3 is 10.8 Å². The Balaban J connectivity index is 2.15. The van der Waals surface area contributed by atoms with E-state index in [4.69, 9.17) is 5.73 Å². The van der Waals surface area contributed by atoms with Crippen molar-refractivity contribution >= 4 is 22.9 Å². The number of pyridine rings is 1. The standard InChI is InChI=1S/C13H11N3O2S/c14-13(18)11-3-2-10(19-11)9-5-15-12-4-1-8(7-17)6-16(9)12/h1-6,17H,7H2,(H2,14,18). The number of carbonyl (C=O) groups excluding carboxylic acids is 1. The Morgan fingerprint density at radius 1 is 1.37 bits per heavy atom. The molecule has 0 aliphatic heterocycles. The maximum Gasteiger partial charge on any atom is 0.258 e. The average molecular weight is 273 g/mol. The van der Waals surface area contributed by atoms with Crippen LogP contribution in [0.1, 0.15) is 15.2 Å². The summed E-state index contributed by atoms with van der Waals surface area (Å²) >= 11 is 1.33. The number of aliphatic hydroxyl groups excluding tert-OH is 1. The first-order valence-corrected chi connectivity index (χ1v) is 6.47. The molecule has 6 heteroatoms. The van der Waals surface area contributed by atoms with E-state index in [-0.39, 0.29) is 6.61 Å². The van der Waals surface area contributed by atoms with Crippen LogP contribution in [0.25, 0.3) is 16.2 Å². The number of rotatable bonds is 3. The lowest BCUT2D eigenvalue weighted by atomic mass is 10.3. The van der Waals surface area contributed by atoms with Crippen molar-refractivity contribution in [1.82, 2.24) is 9.38 Å². The highest BCUT2D eigenvalue weighted by atomic mass is 32.1. The van der Waals surface area contributed by atoms with Gasteiger partial charge in [-0.1, -0.05) is 6.07 Å². The number of amides is 1. The largest absolute Gasteiger partial charge is 0.392 e. The summed E-state index contributed by atoms with van der Waals surface area (Å²) in [5.74, 6) is -0.430. The summed E-state index contributed by atoms with van der Waals surface area (Å²) in [5, 5.41) is 9.18. The Bertz CT molecular complexity index is 760. The third-order valence-electron chi connectivity index (χ3n) is 2.85. The number of nitrogens with two attached hydrogens (primary N) is 1. The maximum atomic E-state index is 11.1. The van der Waals surface area contributed by atoms with Crippen molar-refractivity contribution in [2.45, 2.75) is 6.61 Å². The summed E-state index contributed by atoms with van der Waals surface area (Å²) < 4.78 is 1.89. The lowest BCUT2D eigenvalue weighted by Crippen LogP contribution is -2.07. The lowest BCUT2D eigenvalue weighted by Gasteiger charge is -2.01. The zero-order valence-corrected chi connectivity index (χ0v) is 10.7. The van der Waals surface area contributed by atoms with Gasteiger partial charge in [0.25, 0.3) is 5.91 Å². The van der Waals surface area contributed by atoms with Gasteiger partial charge in [0.1, 0.15) is 5.65 Å². The summed E-state index contributed by atoms with van der Waals surface area (Å²) in [6.07, 6.45) is 3.58. The van der Waals surface area contributed by atoms with Gasteiger partial charge in [-0.25, -0.2) is 4.98 Å². The van der Waals surface area contributed by atoms with Crippen molar-refractivity contribution in [2.24, 2.45) is 5.73 Å². The van der Waals surface area contributed by atoms with Gasteiger partial charge in [-0.05, 0) is 23.8 Å². The number of aromatic nitrogens is 2. The number of aliphatic hydroxyl groups is 1. The quantitative estimate of drug-likeness (QED) is 0.761. The van der Waals surface area contributed by atoms with Gasteiger partial charge >= 0.3 is 0 Å². The molecule has 0 aliphatic carbocycles. The third kappa shape index (κ3) is 2.00. The van der Waals surface area contributed by atoms with E-state index >= 15 is 0 Å². The number of nitrogens with zero attached hydrogens (tertiary/aromatic N) is 2. The van der Waals surface area contributed by atoms with Crippen LogP contribution in [-0.2, 0) is 6.61 Å². The summed E-state index contributed by atoms with van der Waals surface area (Å²) in [5.41, 5.74) is 7.73. The topological polar surface area (TPSA) is 80.6 Å². The molecule has 0 spiro atoms. The van der Waals surface area contributed by atoms with E-state index in [9.17, 15) is 9.90 Å². The summed E-state index contributed by atoms with van der Waals surface area (Å²) in [4.78, 5) is 16.9. The zero-order chi connectivity index (χ0) is 13.4. The minimum absolute atomic E-state index is 0.0233. The molecule has 19 heavy (non-hydrogen) atoms. The molecule has 0 fully saturated rings. The van der Waals surface area contributed by atoms with Crippen molar-refractivity contribution in [3.63, 3.8) is 0 Å². The van der Waals surface area contributed by atoms with Gasteiger partial charge in [-0.15, -0.1) is 11.3 Å². The molecule has 3 aromatic heterocycles. The van der Waals surface area contributed by atoms with E-state index in [0.29, 0.717) is 4.88 Å². The molecule has 0 atom stereocenters. The van der Waals surface area contributed by atoms with Gasteiger partial charge in [0.2, 0.25) is 0 Å². The highest BCUT2D eigenvalue weighted by Gasteiger charge is 2.11. The molecular weight excluding hydrogens is 262 g/mol. The van der Waals surface area contributed by atoms with Crippen molar-refractivity contribution in [3.05, 3.63) is 47.1 Å². The molecule has 3 rings (SSSR count). The van der Waals surface area contributed by atoms with Crippen LogP contribution in [0.4, 0.5) is 0 Å². The highest BCUT2D eigenvalue weighted by Crippen LogP contribution is 2.28. The molecule has 3 heterocycles. The fraction of sp³-hybridized carbons (Fsp3) is 0.0769. The molecular formula is C13H11N3O2S. The number of hydrogen-bond acceptors (Lipinski definition) is 4. The molecule has 0 saturated heterocycles. The Morgan fingerprint density at radius 2 is 2.21 bits per heavy atom. The van der Waals surface area contributed by atoms with Crippen molar-refractivity contribution < 1.29 is 9.90 Å². The van der Waals surface area contributed by atoms with Gasteiger partial charge in [0.15, 0.2) is 0 Å². The molecule has 0 bridgehead atoms. The number of fused-ring (bicyclic) bond motifs is 1. The van der Waals surface area contributed by atoms with Crippen LogP contribution < -0.4 is 5.73 Å². The van der Waals surface area contributed by atoms with Crippen LogP contribution in [0.15, 0.2) is 36.7 Å². The number of primary amides is 1. The van der Waals surface area contributed by atoms with E-state index in [1.54, 1.807) is 12.3 Å². The Hall–Kier alpha value is -2.18. The van der Waals surface area contributed by atoms with Gasteiger partial charge in [-0.2, -0.15) is 0 Å². The third-order valence-corrected chi connectivity index (χ3v) is 3.97. The minimum Gasteiger partial charge on any atom is -0.392 e. The normalized spacial score (nSPS) is 11.0. The van der Waals surface area contributed by atoms with E-state index in [1.807, 2.05) is 28.8 Å². The second-order valence-electron chi connectivity index (χ2n) is 4.10. The number of imidazole rings is 1. The predicted molar refractivity (Wildman–Crippen MR) is 72.9 cm³/mol. The predicted octanol–water partition coefficient (Wildman–Crippen LogP) is 1.65. The first-order valence-electron chi connectivity index (χ1n) is 5.66. The molecule has 0 aliphatic rings. The van der Waals surface area contributed by atoms with Crippen LogP contribution in [0, 0.1) is 0 Å². The summed E-state index contributed by atoms with van der Waals surface area (Å²) in [6.45, 7) is -0.0233. The SMILES string of the molecule is NC(=O)c1ccc(-c2cnc3ccc(CO)cn23)s1. The van der Waals surface area contributed by atoms with Crippen LogP contribution in [-0.4, -0.2) is 20.4 Å². The fourth-order valence-electron chi connectivity index (χ4n) is 1.91. The minimum atomic E-state index is -0.430. The number of carbonyl (C=O) groups is 1. The van der Waals surface area contributed by atoms with E-state index in [0.717, 1.165) is 21.8 Å². The zero-order valence-electron chi connectivity index (χ0n) is 9.91. The average Bonchev–Trinajstić information content (AvgIpc) is 3.03. The molecule has 0 saturated carbocycles. The van der Waals surface area contributed by atoms with E-state index < -0.39 is 5.91 Å². The molecule has 0 unspecified atom stereocenters. The maximum absolute atomic E-state index is 11.1. The van der Waals surface area contributed by atoms with Crippen LogP contribution in [0.5, 0.6) is 0 Å². The first-order chi connectivity index (χ1) is 9.19. The summed E-state index contributed by atoms with van der Waals surface area (Å²) in [7, 11) is 0. The van der Waals surface area contributed by atoms with Gasteiger partial charge in [0.05, 0.1) is 28.3 Å². The van der Waals surface area contributed by atoms with Crippen molar-refractivity contribution in [1.29, 1.82) is 0 Å². The monoisotopic (exact) mass is 273 g/mol. The lowest BCUT2D eigenvalue weighted by molar-refractivity contribution is 0.100. The molecule has 0 radical (unpaired) electrons. The fourth-order valence-corrected chi connectivity index (χ4v) is 2.77. The van der Waals surface area contributed by atoms with E-state index in [1.165, 1.54) is 11.3 Å². The second-order valence-corrected chi connectivity index (χ2v) is 5.18. The Morgan fingerprint density at radius 3 is 2.89 bits per heavy atom. The molecule has 96 valence electrons. The smallest absolute Gasteiger partial charge is 0.258 e.